The Kier molecular flexibility index (Phi) is 18.0. The molecule has 0 aliphatic rings. The number of hydrogen-bond acceptors (Lipinski definition) is 8. The molecule has 1 aromatic heterocycles. The first-order valence-electron chi connectivity index (χ1n) is 13.7. The average Bonchev–Trinajstić information content (AvgIpc) is 3.47. The quantitative estimate of drug-likeness (QED) is 0.186. The minimum Gasteiger partial charge on any atom is -0.383 e. The summed E-state index contributed by atoms with van der Waals surface area (Å²) in [5, 5.41) is 29.7. The first kappa shape index (κ1) is 37.2. The van der Waals surface area contributed by atoms with Gasteiger partial charge in [0.2, 0.25) is 5.91 Å². The molecular weight excluding hydrogens is 526 g/mol. The number of allylic oxidation sites excluding steroid dienone is 4. The van der Waals surface area contributed by atoms with E-state index in [0.717, 1.165) is 22.7 Å². The van der Waals surface area contributed by atoms with E-state index in [1.807, 2.05) is 57.5 Å². The molecule has 0 aliphatic heterocycles. The number of nitrogens with one attached hydrogen (secondary N) is 2. The fourth-order valence-corrected chi connectivity index (χ4v) is 4.40. The predicted octanol–water partition coefficient (Wildman–Crippen LogP) is 4.19. The summed E-state index contributed by atoms with van der Waals surface area (Å²) in [6, 6.07) is -0.593. The van der Waals surface area contributed by atoms with Crippen molar-refractivity contribution in [3.05, 3.63) is 64.9 Å². The van der Waals surface area contributed by atoms with Gasteiger partial charge in [-0.15, -0.1) is 11.3 Å². The molecule has 0 radical (unpaired) electrons. The zero-order valence-corrected chi connectivity index (χ0v) is 26.3. The number of rotatable bonds is 16. The molecule has 1 rings (SSSR count). The van der Waals surface area contributed by atoms with Crippen molar-refractivity contribution in [2.45, 2.75) is 92.0 Å². The SMILES string of the molecule is C=C/C(=C\C=C(/C)C[C@@H](C)NC(=O)[C@H](O)C[C@@H](O)C(=O)N(CC(C)(C)CC)C(C)c1nccs1)N/C=C\C.CN. The third kappa shape index (κ3) is 13.5. The monoisotopic (exact) mass is 577 g/mol. The van der Waals surface area contributed by atoms with Crippen molar-refractivity contribution in [3.8, 4) is 0 Å². The van der Waals surface area contributed by atoms with Crippen LogP contribution in [0.1, 0.15) is 78.8 Å². The van der Waals surface area contributed by atoms with Crippen molar-refractivity contribution >= 4 is 23.2 Å². The van der Waals surface area contributed by atoms with E-state index in [1.165, 1.54) is 18.4 Å². The molecule has 1 aromatic rings. The third-order valence-electron chi connectivity index (χ3n) is 6.35. The lowest BCUT2D eigenvalue weighted by atomic mass is 9.89. The van der Waals surface area contributed by atoms with E-state index in [2.05, 4.69) is 48.7 Å². The van der Waals surface area contributed by atoms with E-state index in [1.54, 1.807) is 17.2 Å². The van der Waals surface area contributed by atoms with Crippen LogP contribution >= 0.6 is 11.3 Å². The summed E-state index contributed by atoms with van der Waals surface area (Å²) < 4.78 is 0. The van der Waals surface area contributed by atoms with Crippen molar-refractivity contribution in [3.63, 3.8) is 0 Å². The minimum absolute atomic E-state index is 0.178. The second kappa shape index (κ2) is 19.3. The van der Waals surface area contributed by atoms with Crippen LogP contribution in [0.2, 0.25) is 0 Å². The van der Waals surface area contributed by atoms with Gasteiger partial charge < -0.3 is 31.5 Å². The number of carbonyl (C=O) groups is 2. The Labute approximate surface area is 245 Å². The van der Waals surface area contributed by atoms with E-state index in [-0.39, 0.29) is 23.9 Å². The van der Waals surface area contributed by atoms with Crippen molar-refractivity contribution < 1.29 is 19.8 Å². The molecule has 0 saturated carbocycles. The van der Waals surface area contributed by atoms with Crippen LogP contribution < -0.4 is 16.4 Å². The van der Waals surface area contributed by atoms with Crippen LogP contribution in [0.25, 0.3) is 0 Å². The molecule has 0 saturated heterocycles. The van der Waals surface area contributed by atoms with E-state index in [0.29, 0.717) is 13.0 Å². The number of nitrogens with zero attached hydrogens (tertiary/aromatic N) is 2. The number of carbonyl (C=O) groups excluding carboxylic acids is 2. The summed E-state index contributed by atoms with van der Waals surface area (Å²) in [5.74, 6) is -1.15. The molecule has 0 bridgehead atoms. The Bertz CT molecular complexity index is 988. The molecule has 40 heavy (non-hydrogen) atoms. The van der Waals surface area contributed by atoms with Crippen LogP contribution in [-0.4, -0.2) is 63.8 Å². The number of amides is 2. The van der Waals surface area contributed by atoms with Crippen molar-refractivity contribution in [2.24, 2.45) is 11.1 Å². The van der Waals surface area contributed by atoms with Crippen LogP contribution in [-0.2, 0) is 9.59 Å². The molecule has 0 fully saturated rings. The van der Waals surface area contributed by atoms with Gasteiger partial charge in [0.05, 0.1) is 6.04 Å². The highest BCUT2D eigenvalue weighted by molar-refractivity contribution is 7.09. The number of aliphatic hydroxyl groups excluding tert-OH is 2. The van der Waals surface area contributed by atoms with Gasteiger partial charge in [0, 0.05) is 36.3 Å². The largest absolute Gasteiger partial charge is 0.383 e. The van der Waals surface area contributed by atoms with E-state index in [4.69, 9.17) is 0 Å². The van der Waals surface area contributed by atoms with Gasteiger partial charge in [-0.3, -0.25) is 9.59 Å². The van der Waals surface area contributed by atoms with Crippen LogP contribution in [0.4, 0.5) is 0 Å². The smallest absolute Gasteiger partial charge is 0.252 e. The molecule has 226 valence electrons. The highest BCUT2D eigenvalue weighted by Crippen LogP contribution is 2.29. The van der Waals surface area contributed by atoms with E-state index >= 15 is 0 Å². The molecule has 1 heterocycles. The number of nitrogens with two attached hydrogens (primary N) is 1. The average molecular weight is 578 g/mol. The number of hydrogen-bond donors (Lipinski definition) is 5. The Balaban J connectivity index is 0.00000742. The summed E-state index contributed by atoms with van der Waals surface area (Å²) in [5.41, 5.74) is 6.19. The summed E-state index contributed by atoms with van der Waals surface area (Å²) in [6.45, 7) is 17.9. The van der Waals surface area contributed by atoms with Gasteiger partial charge in [0.25, 0.3) is 5.91 Å². The summed E-state index contributed by atoms with van der Waals surface area (Å²) in [4.78, 5) is 31.9. The topological polar surface area (TPSA) is 141 Å². The highest BCUT2D eigenvalue weighted by Gasteiger charge is 2.34. The summed E-state index contributed by atoms with van der Waals surface area (Å²) in [6.07, 6.45) is 8.89. The van der Waals surface area contributed by atoms with Gasteiger partial charge in [-0.05, 0) is 71.4 Å². The van der Waals surface area contributed by atoms with Gasteiger partial charge in [-0.25, -0.2) is 4.98 Å². The maximum atomic E-state index is 13.3. The van der Waals surface area contributed by atoms with Gasteiger partial charge in [0.15, 0.2) is 0 Å². The lowest BCUT2D eigenvalue weighted by Gasteiger charge is -2.36. The van der Waals surface area contributed by atoms with Crippen LogP contribution in [0, 0.1) is 5.41 Å². The van der Waals surface area contributed by atoms with Crippen molar-refractivity contribution in [1.29, 1.82) is 0 Å². The van der Waals surface area contributed by atoms with Crippen molar-refractivity contribution in [1.82, 2.24) is 20.5 Å². The lowest BCUT2D eigenvalue weighted by Crippen LogP contribution is -2.48. The second-order valence-electron chi connectivity index (χ2n) is 10.4. The fraction of sp³-hybridized carbons (Fsp3) is 0.567. The van der Waals surface area contributed by atoms with Gasteiger partial charge in [-0.2, -0.15) is 0 Å². The summed E-state index contributed by atoms with van der Waals surface area (Å²) in [7, 11) is 1.50. The van der Waals surface area contributed by atoms with E-state index in [9.17, 15) is 19.8 Å². The Morgan fingerprint density at radius 3 is 2.40 bits per heavy atom. The second-order valence-corrected chi connectivity index (χ2v) is 11.3. The first-order valence-corrected chi connectivity index (χ1v) is 14.5. The fourth-order valence-electron chi connectivity index (χ4n) is 3.69. The maximum absolute atomic E-state index is 13.3. The van der Waals surface area contributed by atoms with Gasteiger partial charge in [-0.1, -0.05) is 45.1 Å². The first-order chi connectivity index (χ1) is 18.8. The third-order valence-corrected chi connectivity index (χ3v) is 7.30. The lowest BCUT2D eigenvalue weighted by molar-refractivity contribution is -0.147. The zero-order valence-electron chi connectivity index (χ0n) is 25.5. The van der Waals surface area contributed by atoms with Gasteiger partial charge in [0.1, 0.15) is 17.2 Å². The molecule has 1 unspecified atom stereocenters. The highest BCUT2D eigenvalue weighted by atomic mass is 32.1. The zero-order chi connectivity index (χ0) is 30.9. The molecular formula is C30H51N5O4S. The molecule has 9 nitrogen and oxygen atoms in total. The Hall–Kier alpha value is -2.79. The van der Waals surface area contributed by atoms with E-state index < -0.39 is 24.0 Å². The Morgan fingerprint density at radius 1 is 1.23 bits per heavy atom. The van der Waals surface area contributed by atoms with Gasteiger partial charge >= 0.3 is 0 Å². The molecule has 6 N–H and O–H groups in total. The molecule has 0 aromatic carbocycles. The number of aliphatic hydroxyl groups is 2. The predicted molar refractivity (Wildman–Crippen MR) is 165 cm³/mol. The number of thiazole rings is 1. The Morgan fingerprint density at radius 2 is 1.88 bits per heavy atom. The molecule has 2 amide bonds. The van der Waals surface area contributed by atoms with Crippen LogP contribution in [0.5, 0.6) is 0 Å². The maximum Gasteiger partial charge on any atom is 0.252 e. The summed E-state index contributed by atoms with van der Waals surface area (Å²) >= 11 is 1.44. The normalized spacial score (nSPS) is 15.4. The molecule has 10 heteroatoms. The minimum atomic E-state index is -1.52. The molecule has 0 spiro atoms. The van der Waals surface area contributed by atoms with Crippen molar-refractivity contribution in [2.75, 3.05) is 13.6 Å². The van der Waals surface area contributed by atoms with Crippen LogP contribution in [0.15, 0.2) is 59.9 Å². The standard InChI is InChI=1S/C29H46N4O4S.CH5N/c1-9-14-30-23(10-2)13-12-20(4)17-21(5)32-26(36)24(34)18-25(35)28(37)33(19-29(7,8)11-3)22(6)27-31-15-16-38-27;1-2/h9-10,12-16,21-22,24-25,30,34-35H,2,11,17-19H2,1,3-8H3,(H,32,36);2H2,1H3/b14-9-,20-12+,23-13+;/t21-,22?,24-,25-;/m1./s1. The number of aromatic nitrogens is 1. The molecule has 4 atom stereocenters. The van der Waals surface area contributed by atoms with Crippen LogP contribution in [0.3, 0.4) is 0 Å². The molecule has 0 aliphatic carbocycles.